The smallest absolute Gasteiger partial charge is 0.319 e. The van der Waals surface area contributed by atoms with Gasteiger partial charge >= 0.3 is 6.03 Å². The first-order valence-electron chi connectivity index (χ1n) is 8.05. The van der Waals surface area contributed by atoms with Gasteiger partial charge in [-0.05, 0) is 43.9 Å². The standard InChI is InChI=1S/C17H18Cl2N4O2/c18-14-6-3-12(9-15(14)19)23-17(24)22-11-1-4-13(5-2-11)25-16-10-20-7-8-21-16/h3,6-11,13H,1-2,4-5H2,(H2,22,23,24). The number of amides is 2. The highest BCUT2D eigenvalue weighted by molar-refractivity contribution is 6.42. The molecule has 0 saturated heterocycles. The van der Waals surface area contributed by atoms with E-state index in [2.05, 4.69) is 20.6 Å². The third-order valence-corrected chi connectivity index (χ3v) is 4.75. The fourth-order valence-electron chi connectivity index (χ4n) is 2.77. The average Bonchev–Trinajstić information content (AvgIpc) is 2.61. The molecule has 2 N–H and O–H groups in total. The van der Waals surface area contributed by atoms with Crippen LogP contribution in [0.15, 0.2) is 36.8 Å². The predicted molar refractivity (Wildman–Crippen MR) is 97.3 cm³/mol. The maximum atomic E-state index is 12.1. The van der Waals surface area contributed by atoms with Crippen molar-refractivity contribution in [2.45, 2.75) is 37.8 Å². The van der Waals surface area contributed by atoms with E-state index in [4.69, 9.17) is 27.9 Å². The van der Waals surface area contributed by atoms with Gasteiger partial charge in [-0.25, -0.2) is 9.78 Å². The van der Waals surface area contributed by atoms with Crippen molar-refractivity contribution in [3.63, 3.8) is 0 Å². The Labute approximate surface area is 155 Å². The van der Waals surface area contributed by atoms with Gasteiger partial charge in [0.25, 0.3) is 0 Å². The first-order valence-corrected chi connectivity index (χ1v) is 8.81. The van der Waals surface area contributed by atoms with E-state index in [9.17, 15) is 4.79 Å². The van der Waals surface area contributed by atoms with Crippen LogP contribution in [0.1, 0.15) is 25.7 Å². The zero-order valence-corrected chi connectivity index (χ0v) is 14.9. The van der Waals surface area contributed by atoms with E-state index in [0.29, 0.717) is 21.6 Å². The number of rotatable bonds is 4. The Morgan fingerprint density at radius 1 is 1.12 bits per heavy atom. The summed E-state index contributed by atoms with van der Waals surface area (Å²) in [5, 5.41) is 6.60. The van der Waals surface area contributed by atoms with E-state index in [-0.39, 0.29) is 18.2 Å². The summed E-state index contributed by atoms with van der Waals surface area (Å²) < 4.78 is 5.80. The first kappa shape index (κ1) is 17.8. The van der Waals surface area contributed by atoms with Gasteiger partial charge < -0.3 is 15.4 Å². The van der Waals surface area contributed by atoms with Crippen molar-refractivity contribution in [2.75, 3.05) is 5.32 Å². The molecule has 1 aromatic carbocycles. The van der Waals surface area contributed by atoms with Crippen molar-refractivity contribution in [2.24, 2.45) is 0 Å². The van der Waals surface area contributed by atoms with Gasteiger partial charge in [0.1, 0.15) is 6.10 Å². The number of nitrogens with one attached hydrogen (secondary N) is 2. The van der Waals surface area contributed by atoms with Crippen LogP contribution in [0.3, 0.4) is 0 Å². The van der Waals surface area contributed by atoms with Crippen LogP contribution in [-0.4, -0.2) is 28.1 Å². The van der Waals surface area contributed by atoms with Crippen LogP contribution in [0.2, 0.25) is 10.0 Å². The molecule has 0 unspecified atom stereocenters. The quantitative estimate of drug-likeness (QED) is 0.828. The summed E-state index contributed by atoms with van der Waals surface area (Å²) in [5.41, 5.74) is 0.603. The number of anilines is 1. The Kier molecular flexibility index (Phi) is 5.94. The van der Waals surface area contributed by atoms with E-state index in [0.717, 1.165) is 25.7 Å². The lowest BCUT2D eigenvalue weighted by atomic mass is 9.93. The molecule has 0 aliphatic heterocycles. The number of benzene rings is 1. The predicted octanol–water partition coefficient (Wildman–Crippen LogP) is 4.30. The van der Waals surface area contributed by atoms with E-state index in [1.54, 1.807) is 36.8 Å². The number of aromatic nitrogens is 2. The van der Waals surface area contributed by atoms with Crippen LogP contribution >= 0.6 is 23.2 Å². The van der Waals surface area contributed by atoms with Crippen molar-refractivity contribution in [3.8, 4) is 5.88 Å². The summed E-state index contributed by atoms with van der Waals surface area (Å²) in [7, 11) is 0. The molecule has 0 atom stereocenters. The number of carbonyl (C=O) groups excluding carboxylic acids is 1. The first-order chi connectivity index (χ1) is 12.1. The van der Waals surface area contributed by atoms with Gasteiger partial charge in [-0.2, -0.15) is 0 Å². The van der Waals surface area contributed by atoms with Crippen LogP contribution < -0.4 is 15.4 Å². The third-order valence-electron chi connectivity index (χ3n) is 4.01. The number of hydrogen-bond acceptors (Lipinski definition) is 4. The Hall–Kier alpha value is -2.05. The van der Waals surface area contributed by atoms with E-state index in [1.807, 2.05) is 0 Å². The number of halogens is 2. The molecule has 1 fully saturated rings. The molecule has 0 radical (unpaired) electrons. The van der Waals surface area contributed by atoms with E-state index >= 15 is 0 Å². The minimum Gasteiger partial charge on any atom is -0.473 e. The fraction of sp³-hybridized carbons (Fsp3) is 0.353. The van der Waals surface area contributed by atoms with Crippen LogP contribution in [0, 0.1) is 0 Å². The summed E-state index contributed by atoms with van der Waals surface area (Å²) in [6.45, 7) is 0. The number of ether oxygens (including phenoxy) is 1. The van der Waals surface area contributed by atoms with Gasteiger partial charge in [-0.15, -0.1) is 0 Å². The molecule has 1 aromatic heterocycles. The van der Waals surface area contributed by atoms with Crippen molar-refractivity contribution in [1.82, 2.24) is 15.3 Å². The van der Waals surface area contributed by atoms with Crippen molar-refractivity contribution >= 4 is 34.9 Å². The lowest BCUT2D eigenvalue weighted by Gasteiger charge is -2.29. The molecule has 6 nitrogen and oxygen atoms in total. The molecule has 1 saturated carbocycles. The van der Waals surface area contributed by atoms with Crippen molar-refractivity contribution in [3.05, 3.63) is 46.8 Å². The number of hydrogen-bond donors (Lipinski definition) is 2. The summed E-state index contributed by atoms with van der Waals surface area (Å²) in [4.78, 5) is 20.2. The van der Waals surface area contributed by atoms with E-state index in [1.165, 1.54) is 0 Å². The largest absolute Gasteiger partial charge is 0.473 e. The maximum absolute atomic E-state index is 12.1. The van der Waals surface area contributed by atoms with Gasteiger partial charge in [0.2, 0.25) is 5.88 Å². The number of nitrogens with zero attached hydrogens (tertiary/aromatic N) is 2. The van der Waals surface area contributed by atoms with E-state index < -0.39 is 0 Å². The van der Waals surface area contributed by atoms with Crippen LogP contribution in [0.25, 0.3) is 0 Å². The highest BCUT2D eigenvalue weighted by atomic mass is 35.5. The van der Waals surface area contributed by atoms with Crippen LogP contribution in [0.5, 0.6) is 5.88 Å². The molecule has 3 rings (SSSR count). The summed E-state index contributed by atoms with van der Waals surface area (Å²) in [6.07, 6.45) is 8.33. The van der Waals surface area contributed by atoms with Gasteiger partial charge in [0.15, 0.2) is 0 Å². The zero-order chi connectivity index (χ0) is 17.6. The van der Waals surface area contributed by atoms with Crippen LogP contribution in [-0.2, 0) is 0 Å². The van der Waals surface area contributed by atoms with Crippen molar-refractivity contribution in [1.29, 1.82) is 0 Å². The lowest BCUT2D eigenvalue weighted by Crippen LogP contribution is -2.41. The normalized spacial score (nSPS) is 19.9. The van der Waals surface area contributed by atoms with Gasteiger partial charge in [0.05, 0.1) is 16.2 Å². The van der Waals surface area contributed by atoms with Gasteiger partial charge in [0, 0.05) is 24.1 Å². The minimum atomic E-state index is -0.253. The summed E-state index contributed by atoms with van der Waals surface area (Å²) in [5.74, 6) is 0.538. The topological polar surface area (TPSA) is 76.1 Å². The Morgan fingerprint density at radius 2 is 1.92 bits per heavy atom. The van der Waals surface area contributed by atoms with Crippen molar-refractivity contribution < 1.29 is 9.53 Å². The highest BCUT2D eigenvalue weighted by Crippen LogP contribution is 2.25. The second-order valence-electron chi connectivity index (χ2n) is 5.86. The monoisotopic (exact) mass is 380 g/mol. The fourth-order valence-corrected chi connectivity index (χ4v) is 3.07. The molecular formula is C17H18Cl2N4O2. The SMILES string of the molecule is O=C(Nc1ccc(Cl)c(Cl)c1)NC1CCC(Oc2cnccn2)CC1. The molecule has 132 valence electrons. The molecule has 0 bridgehead atoms. The molecule has 2 amide bonds. The molecule has 2 aromatic rings. The molecule has 8 heteroatoms. The zero-order valence-electron chi connectivity index (χ0n) is 13.4. The second-order valence-corrected chi connectivity index (χ2v) is 6.68. The lowest BCUT2D eigenvalue weighted by molar-refractivity contribution is 0.135. The molecule has 1 aliphatic rings. The average molecular weight is 381 g/mol. The number of carbonyl (C=O) groups is 1. The molecule has 1 heterocycles. The number of urea groups is 1. The maximum Gasteiger partial charge on any atom is 0.319 e. The van der Waals surface area contributed by atoms with Gasteiger partial charge in [-0.1, -0.05) is 23.2 Å². The van der Waals surface area contributed by atoms with Gasteiger partial charge in [-0.3, -0.25) is 4.98 Å². The molecular weight excluding hydrogens is 363 g/mol. The minimum absolute atomic E-state index is 0.105. The molecule has 1 aliphatic carbocycles. The molecule has 25 heavy (non-hydrogen) atoms. The second kappa shape index (κ2) is 8.36. The molecule has 0 spiro atoms. The summed E-state index contributed by atoms with van der Waals surface area (Å²) in [6, 6.07) is 4.84. The Morgan fingerprint density at radius 3 is 2.60 bits per heavy atom. The highest BCUT2D eigenvalue weighted by Gasteiger charge is 2.24. The third kappa shape index (κ3) is 5.21. The Bertz CT molecular complexity index is 722. The Balaban J connectivity index is 1.43. The van der Waals surface area contributed by atoms with Crippen LogP contribution in [0.4, 0.5) is 10.5 Å². The summed E-state index contributed by atoms with van der Waals surface area (Å²) >= 11 is 11.8.